The molecule has 1 aliphatic rings. The van der Waals surface area contributed by atoms with E-state index in [4.69, 9.17) is 5.84 Å². The van der Waals surface area contributed by atoms with Gasteiger partial charge in [0.2, 0.25) is 0 Å². The molecular formula is C14H26N4. The number of hydrogen-bond acceptors (Lipinski definition) is 3. The van der Waals surface area contributed by atoms with Crippen LogP contribution in [0.5, 0.6) is 0 Å². The minimum absolute atomic E-state index is 0.444. The molecule has 0 bridgehead atoms. The zero-order valence-electron chi connectivity index (χ0n) is 11.4. The molecule has 0 amide bonds. The molecule has 18 heavy (non-hydrogen) atoms. The van der Waals surface area contributed by atoms with Crippen LogP contribution in [-0.2, 0) is 13.5 Å². The first-order chi connectivity index (χ1) is 8.81. The van der Waals surface area contributed by atoms with Gasteiger partial charge in [0.1, 0.15) is 5.82 Å². The monoisotopic (exact) mass is 250 g/mol. The van der Waals surface area contributed by atoms with Crippen LogP contribution in [0.25, 0.3) is 0 Å². The normalized spacial score (nSPS) is 19.7. The molecule has 1 fully saturated rings. The third kappa shape index (κ3) is 3.56. The van der Waals surface area contributed by atoms with Crippen molar-refractivity contribution < 1.29 is 0 Å². The van der Waals surface area contributed by atoms with Crippen molar-refractivity contribution in [2.45, 2.75) is 57.4 Å². The second-order valence-corrected chi connectivity index (χ2v) is 5.52. The maximum Gasteiger partial charge on any atom is 0.108 e. The Balaban J connectivity index is 1.86. The molecule has 0 aromatic carbocycles. The maximum absolute atomic E-state index is 5.75. The van der Waals surface area contributed by atoms with Gasteiger partial charge in [0.05, 0.1) is 0 Å². The van der Waals surface area contributed by atoms with E-state index in [9.17, 15) is 0 Å². The number of aromatic nitrogens is 2. The number of aryl methyl sites for hydroxylation is 2. The fourth-order valence-electron chi connectivity index (χ4n) is 3.09. The summed E-state index contributed by atoms with van der Waals surface area (Å²) in [6.45, 7) is 0. The molecule has 0 spiro atoms. The second-order valence-electron chi connectivity index (χ2n) is 5.52. The van der Waals surface area contributed by atoms with Crippen molar-refractivity contribution >= 4 is 0 Å². The summed E-state index contributed by atoms with van der Waals surface area (Å²) >= 11 is 0. The van der Waals surface area contributed by atoms with Gasteiger partial charge in [-0.2, -0.15) is 0 Å². The van der Waals surface area contributed by atoms with E-state index in [0.29, 0.717) is 6.04 Å². The van der Waals surface area contributed by atoms with Crippen LogP contribution in [-0.4, -0.2) is 15.6 Å². The van der Waals surface area contributed by atoms with Crippen molar-refractivity contribution in [2.24, 2.45) is 18.8 Å². The van der Waals surface area contributed by atoms with Gasteiger partial charge in [0, 0.05) is 31.9 Å². The van der Waals surface area contributed by atoms with Crippen molar-refractivity contribution in [3.8, 4) is 0 Å². The van der Waals surface area contributed by atoms with Crippen molar-refractivity contribution in [3.05, 3.63) is 18.2 Å². The summed E-state index contributed by atoms with van der Waals surface area (Å²) in [4.78, 5) is 4.38. The number of nitrogens with zero attached hydrogens (tertiary/aromatic N) is 2. The third-order valence-electron chi connectivity index (χ3n) is 4.28. The second kappa shape index (κ2) is 6.90. The summed E-state index contributed by atoms with van der Waals surface area (Å²) < 4.78 is 2.10. The molecular weight excluding hydrogens is 224 g/mol. The highest BCUT2D eigenvalue weighted by molar-refractivity contribution is 4.92. The summed E-state index contributed by atoms with van der Waals surface area (Å²) in [6, 6.07) is 0.444. The lowest BCUT2D eigenvalue weighted by atomic mass is 9.89. The molecule has 3 N–H and O–H groups in total. The first kappa shape index (κ1) is 13.6. The lowest BCUT2D eigenvalue weighted by Gasteiger charge is -2.25. The Hall–Kier alpha value is -0.870. The predicted molar refractivity (Wildman–Crippen MR) is 73.8 cm³/mol. The molecule has 1 aromatic rings. The maximum atomic E-state index is 5.75. The Morgan fingerprint density at radius 2 is 2.11 bits per heavy atom. The standard InChI is InChI=1S/C14H26N4/c1-18-11-10-16-14(18)9-8-13(17-15)12-6-4-2-3-5-7-12/h10-13,17H,2-9,15H2,1H3. The number of hydrogen-bond donors (Lipinski definition) is 2. The van der Waals surface area contributed by atoms with Crippen LogP contribution in [0.3, 0.4) is 0 Å². The van der Waals surface area contributed by atoms with Gasteiger partial charge < -0.3 is 4.57 Å². The van der Waals surface area contributed by atoms with E-state index in [2.05, 4.69) is 22.0 Å². The number of nitrogens with two attached hydrogens (primary N) is 1. The fraction of sp³-hybridized carbons (Fsp3) is 0.786. The number of nitrogens with one attached hydrogen (secondary N) is 1. The number of rotatable bonds is 5. The van der Waals surface area contributed by atoms with Gasteiger partial charge in [-0.15, -0.1) is 0 Å². The third-order valence-corrected chi connectivity index (χ3v) is 4.28. The molecule has 1 aliphatic carbocycles. The van der Waals surface area contributed by atoms with Crippen molar-refractivity contribution in [1.82, 2.24) is 15.0 Å². The van der Waals surface area contributed by atoms with E-state index < -0.39 is 0 Å². The highest BCUT2D eigenvalue weighted by Crippen LogP contribution is 2.27. The van der Waals surface area contributed by atoms with Gasteiger partial charge in [-0.25, -0.2) is 4.98 Å². The topological polar surface area (TPSA) is 55.9 Å². The van der Waals surface area contributed by atoms with Gasteiger partial charge in [-0.3, -0.25) is 11.3 Å². The highest BCUT2D eigenvalue weighted by atomic mass is 15.2. The quantitative estimate of drug-likeness (QED) is 0.478. The van der Waals surface area contributed by atoms with E-state index in [1.54, 1.807) is 0 Å². The Labute approximate surface area is 110 Å². The zero-order valence-corrected chi connectivity index (χ0v) is 11.4. The van der Waals surface area contributed by atoms with Crippen LogP contribution in [0.1, 0.15) is 50.8 Å². The molecule has 102 valence electrons. The summed E-state index contributed by atoms with van der Waals surface area (Å²) in [7, 11) is 2.05. The molecule has 1 heterocycles. The lowest BCUT2D eigenvalue weighted by Crippen LogP contribution is -2.41. The summed E-state index contributed by atoms with van der Waals surface area (Å²) in [6.07, 6.45) is 14.2. The first-order valence-corrected chi connectivity index (χ1v) is 7.23. The molecule has 4 nitrogen and oxygen atoms in total. The van der Waals surface area contributed by atoms with Crippen molar-refractivity contribution in [1.29, 1.82) is 0 Å². The van der Waals surface area contributed by atoms with Gasteiger partial charge in [-0.1, -0.05) is 25.7 Å². The molecule has 1 saturated carbocycles. The Morgan fingerprint density at radius 1 is 1.39 bits per heavy atom. The average Bonchev–Trinajstić information content (AvgIpc) is 2.65. The van der Waals surface area contributed by atoms with E-state index in [1.165, 1.54) is 38.5 Å². The summed E-state index contributed by atoms with van der Waals surface area (Å²) in [5.41, 5.74) is 3.04. The van der Waals surface area contributed by atoms with Crippen LogP contribution in [0, 0.1) is 5.92 Å². The molecule has 1 unspecified atom stereocenters. The van der Waals surface area contributed by atoms with E-state index in [1.807, 2.05) is 12.4 Å². The van der Waals surface area contributed by atoms with Gasteiger partial charge in [0.15, 0.2) is 0 Å². The summed E-state index contributed by atoms with van der Waals surface area (Å²) in [5.74, 6) is 7.66. The van der Waals surface area contributed by atoms with Gasteiger partial charge in [0.25, 0.3) is 0 Å². The Bertz CT molecular complexity index is 339. The first-order valence-electron chi connectivity index (χ1n) is 7.23. The minimum Gasteiger partial charge on any atom is -0.338 e. The Morgan fingerprint density at radius 3 is 2.67 bits per heavy atom. The van der Waals surface area contributed by atoms with Crippen LogP contribution < -0.4 is 11.3 Å². The van der Waals surface area contributed by atoms with Crippen LogP contribution in [0.15, 0.2) is 12.4 Å². The van der Waals surface area contributed by atoms with Crippen molar-refractivity contribution in [2.75, 3.05) is 0 Å². The smallest absolute Gasteiger partial charge is 0.108 e. The predicted octanol–water partition coefficient (Wildman–Crippen LogP) is 2.15. The highest BCUT2D eigenvalue weighted by Gasteiger charge is 2.21. The molecule has 1 atom stereocenters. The van der Waals surface area contributed by atoms with Crippen LogP contribution in [0.4, 0.5) is 0 Å². The average molecular weight is 250 g/mol. The zero-order chi connectivity index (χ0) is 12.8. The molecule has 1 aromatic heterocycles. The van der Waals surface area contributed by atoms with E-state index in [0.717, 1.165) is 24.6 Å². The van der Waals surface area contributed by atoms with Gasteiger partial charge in [-0.05, 0) is 25.2 Å². The fourth-order valence-corrected chi connectivity index (χ4v) is 3.09. The minimum atomic E-state index is 0.444. The summed E-state index contributed by atoms with van der Waals surface area (Å²) in [5, 5.41) is 0. The Kier molecular flexibility index (Phi) is 5.20. The van der Waals surface area contributed by atoms with E-state index >= 15 is 0 Å². The molecule has 0 aliphatic heterocycles. The van der Waals surface area contributed by atoms with Crippen molar-refractivity contribution in [3.63, 3.8) is 0 Å². The number of imidazole rings is 1. The SMILES string of the molecule is Cn1ccnc1CCC(NN)C1CCCCCC1. The molecule has 0 saturated heterocycles. The molecule has 2 rings (SSSR count). The molecule has 0 radical (unpaired) electrons. The van der Waals surface area contributed by atoms with Crippen LogP contribution >= 0.6 is 0 Å². The largest absolute Gasteiger partial charge is 0.338 e. The van der Waals surface area contributed by atoms with E-state index in [-0.39, 0.29) is 0 Å². The van der Waals surface area contributed by atoms with Gasteiger partial charge >= 0.3 is 0 Å². The number of hydrazine groups is 1. The molecule has 4 heteroatoms. The van der Waals surface area contributed by atoms with Crippen LogP contribution in [0.2, 0.25) is 0 Å². The lowest BCUT2D eigenvalue weighted by molar-refractivity contribution is 0.305.